The van der Waals surface area contributed by atoms with Gasteiger partial charge in [0.25, 0.3) is 0 Å². The average molecular weight is 261 g/mol. The Bertz CT molecular complexity index is 438. The topological polar surface area (TPSA) is 38.9 Å². The fourth-order valence-corrected chi connectivity index (χ4v) is 2.77. The monoisotopic (exact) mass is 260 g/mol. The molecule has 0 amide bonds. The fraction of sp³-hybridized carbons (Fsp3) is 0. The van der Waals surface area contributed by atoms with Crippen LogP contribution < -0.4 is 5.73 Å². The molecule has 0 aliphatic rings. The van der Waals surface area contributed by atoms with Gasteiger partial charge >= 0.3 is 0 Å². The second kappa shape index (κ2) is 2.90. The third-order valence-corrected chi connectivity index (χ3v) is 4.30. The summed E-state index contributed by atoms with van der Waals surface area (Å²) < 4.78 is 1.91. The van der Waals surface area contributed by atoms with Crippen LogP contribution in [0.1, 0.15) is 0 Å². The minimum absolute atomic E-state index is 0.675. The Labute approximate surface area is 87.3 Å². The highest BCUT2D eigenvalue weighted by molar-refractivity contribution is 9.10. The van der Waals surface area contributed by atoms with E-state index in [1.54, 1.807) is 6.20 Å². The Morgan fingerprint density at radius 1 is 1.58 bits per heavy atom. The first-order chi connectivity index (χ1) is 5.68. The lowest BCUT2D eigenvalue weighted by molar-refractivity contribution is 1.44. The van der Waals surface area contributed by atoms with Gasteiger partial charge in [0.2, 0.25) is 0 Å². The van der Waals surface area contributed by atoms with Gasteiger partial charge in [-0.2, -0.15) is 0 Å². The Morgan fingerprint density at radius 2 is 2.33 bits per heavy atom. The zero-order chi connectivity index (χ0) is 8.72. The Hall–Kier alpha value is -0.260. The number of anilines is 1. The molecular formula is C7H5BrN2S2. The van der Waals surface area contributed by atoms with Crippen LogP contribution in [0.15, 0.2) is 20.9 Å². The average Bonchev–Trinajstić information content (AvgIpc) is 2.31. The van der Waals surface area contributed by atoms with Gasteiger partial charge in [-0.25, -0.2) is 4.98 Å². The molecule has 0 bridgehead atoms. The van der Waals surface area contributed by atoms with Crippen molar-refractivity contribution in [2.24, 2.45) is 0 Å². The van der Waals surface area contributed by atoms with Crippen molar-refractivity contribution in [3.05, 3.63) is 16.7 Å². The SMILES string of the molecule is Nc1cnc2sc(S)c(Br)c2c1. The number of fused-ring (bicyclic) bond motifs is 1. The van der Waals surface area contributed by atoms with E-state index in [0.29, 0.717) is 5.69 Å². The van der Waals surface area contributed by atoms with E-state index in [1.165, 1.54) is 11.3 Å². The molecule has 2 rings (SSSR count). The molecule has 0 saturated carbocycles. The van der Waals surface area contributed by atoms with E-state index in [-0.39, 0.29) is 0 Å². The lowest BCUT2D eigenvalue weighted by atomic mass is 10.3. The van der Waals surface area contributed by atoms with Crippen LogP contribution in [-0.4, -0.2) is 4.98 Å². The van der Waals surface area contributed by atoms with Gasteiger partial charge in [-0.1, -0.05) is 0 Å². The number of hydrogen-bond acceptors (Lipinski definition) is 4. The van der Waals surface area contributed by atoms with Crippen LogP contribution in [0, 0.1) is 0 Å². The summed E-state index contributed by atoms with van der Waals surface area (Å²) in [6.45, 7) is 0. The van der Waals surface area contributed by atoms with Crippen LogP contribution in [0.25, 0.3) is 10.2 Å². The summed E-state index contributed by atoms with van der Waals surface area (Å²) in [5.41, 5.74) is 6.27. The highest BCUT2D eigenvalue weighted by Crippen LogP contribution is 2.37. The van der Waals surface area contributed by atoms with Crippen molar-refractivity contribution in [2.75, 3.05) is 5.73 Å². The second-order valence-corrected chi connectivity index (χ2v) is 4.88. The number of halogens is 1. The number of pyridine rings is 1. The molecule has 12 heavy (non-hydrogen) atoms. The quantitative estimate of drug-likeness (QED) is 0.716. The minimum atomic E-state index is 0.675. The molecule has 2 aromatic rings. The first-order valence-corrected chi connectivity index (χ1v) is 5.26. The van der Waals surface area contributed by atoms with Gasteiger partial charge in [0.05, 0.1) is 20.6 Å². The number of aromatic nitrogens is 1. The maximum absolute atomic E-state index is 5.60. The molecule has 0 unspecified atom stereocenters. The van der Waals surface area contributed by atoms with Crippen LogP contribution in [0.4, 0.5) is 5.69 Å². The van der Waals surface area contributed by atoms with E-state index in [2.05, 4.69) is 33.5 Å². The molecule has 2 N–H and O–H groups in total. The van der Waals surface area contributed by atoms with Gasteiger partial charge in [0.1, 0.15) is 4.83 Å². The van der Waals surface area contributed by atoms with Crippen LogP contribution in [0.2, 0.25) is 0 Å². The molecule has 62 valence electrons. The minimum Gasteiger partial charge on any atom is -0.397 e. The number of rotatable bonds is 0. The molecule has 2 aromatic heterocycles. The van der Waals surface area contributed by atoms with Gasteiger partial charge in [-0.15, -0.1) is 24.0 Å². The zero-order valence-corrected chi connectivity index (χ0v) is 9.21. The van der Waals surface area contributed by atoms with Crippen LogP contribution in [0.3, 0.4) is 0 Å². The molecule has 0 radical (unpaired) electrons. The van der Waals surface area contributed by atoms with Crippen LogP contribution in [0.5, 0.6) is 0 Å². The van der Waals surface area contributed by atoms with Crippen molar-refractivity contribution in [1.82, 2.24) is 4.98 Å². The maximum Gasteiger partial charge on any atom is 0.125 e. The van der Waals surface area contributed by atoms with Crippen LogP contribution in [-0.2, 0) is 0 Å². The van der Waals surface area contributed by atoms with E-state index >= 15 is 0 Å². The van der Waals surface area contributed by atoms with Crippen LogP contribution >= 0.6 is 39.9 Å². The van der Waals surface area contributed by atoms with E-state index in [1.807, 2.05) is 6.07 Å². The van der Waals surface area contributed by atoms with Gasteiger partial charge in [0.15, 0.2) is 0 Å². The number of thiol groups is 1. The van der Waals surface area contributed by atoms with Gasteiger partial charge in [0, 0.05) is 5.39 Å². The predicted octanol–water partition coefficient (Wildman–Crippen LogP) is 2.93. The number of thiophene rings is 1. The summed E-state index contributed by atoms with van der Waals surface area (Å²) >= 11 is 9.24. The van der Waals surface area contributed by atoms with E-state index < -0.39 is 0 Å². The van der Waals surface area contributed by atoms with Crippen molar-refractivity contribution < 1.29 is 0 Å². The Morgan fingerprint density at radius 3 is 3.08 bits per heavy atom. The molecule has 5 heteroatoms. The predicted molar refractivity (Wildman–Crippen MR) is 59.0 cm³/mol. The number of nitrogens with two attached hydrogens (primary N) is 1. The summed E-state index contributed by atoms with van der Waals surface area (Å²) in [5.74, 6) is 0. The van der Waals surface area contributed by atoms with E-state index in [9.17, 15) is 0 Å². The Kier molecular flexibility index (Phi) is 2.02. The standard InChI is InChI=1S/C7H5BrN2S2/c8-5-4-1-3(9)2-10-6(4)12-7(5)11/h1-2,11H,9H2. The van der Waals surface area contributed by atoms with Gasteiger partial charge in [-0.3, -0.25) is 0 Å². The van der Waals surface area contributed by atoms with Crippen molar-refractivity contribution >= 4 is 55.8 Å². The third kappa shape index (κ3) is 1.22. The maximum atomic E-state index is 5.60. The first kappa shape index (κ1) is 8.34. The lowest BCUT2D eigenvalue weighted by Crippen LogP contribution is -1.84. The molecular weight excluding hydrogens is 256 g/mol. The zero-order valence-electron chi connectivity index (χ0n) is 5.91. The highest BCUT2D eigenvalue weighted by atomic mass is 79.9. The second-order valence-electron chi connectivity index (χ2n) is 2.34. The molecule has 2 heterocycles. The Balaban J connectivity index is 2.88. The highest BCUT2D eigenvalue weighted by Gasteiger charge is 2.07. The van der Waals surface area contributed by atoms with E-state index in [0.717, 1.165) is 18.9 Å². The third-order valence-electron chi connectivity index (χ3n) is 1.49. The molecule has 0 fully saturated rings. The molecule has 0 aromatic carbocycles. The summed E-state index contributed by atoms with van der Waals surface area (Å²) in [4.78, 5) is 5.14. The molecule has 0 saturated heterocycles. The number of nitrogen functional groups attached to an aromatic ring is 1. The van der Waals surface area contributed by atoms with Gasteiger partial charge < -0.3 is 5.73 Å². The summed E-state index contributed by atoms with van der Waals surface area (Å²) in [6.07, 6.45) is 1.65. The van der Waals surface area contributed by atoms with Crippen molar-refractivity contribution in [3.8, 4) is 0 Å². The largest absolute Gasteiger partial charge is 0.397 e. The molecule has 0 atom stereocenters. The molecule has 0 aliphatic heterocycles. The first-order valence-electron chi connectivity index (χ1n) is 3.21. The number of hydrogen-bond donors (Lipinski definition) is 2. The van der Waals surface area contributed by atoms with Crippen molar-refractivity contribution in [2.45, 2.75) is 4.21 Å². The number of nitrogens with zero attached hydrogens (tertiary/aromatic N) is 1. The summed E-state index contributed by atoms with van der Waals surface area (Å²) in [7, 11) is 0. The van der Waals surface area contributed by atoms with E-state index in [4.69, 9.17) is 5.73 Å². The van der Waals surface area contributed by atoms with Crippen molar-refractivity contribution in [3.63, 3.8) is 0 Å². The summed E-state index contributed by atoms with van der Waals surface area (Å²) in [5, 5.41) is 1.03. The van der Waals surface area contributed by atoms with Crippen molar-refractivity contribution in [1.29, 1.82) is 0 Å². The molecule has 0 aliphatic carbocycles. The molecule has 2 nitrogen and oxygen atoms in total. The normalized spacial score (nSPS) is 10.8. The van der Waals surface area contributed by atoms with Gasteiger partial charge in [-0.05, 0) is 22.0 Å². The fourth-order valence-electron chi connectivity index (χ4n) is 0.959. The lowest BCUT2D eigenvalue weighted by Gasteiger charge is -1.91. The molecule has 0 spiro atoms. The summed E-state index contributed by atoms with van der Waals surface area (Å²) in [6, 6.07) is 1.89. The smallest absolute Gasteiger partial charge is 0.125 e.